The summed E-state index contributed by atoms with van der Waals surface area (Å²) in [5, 5.41) is 0. The van der Waals surface area contributed by atoms with Crippen LogP contribution in [0.5, 0.6) is 0 Å². The van der Waals surface area contributed by atoms with Gasteiger partial charge in [0.2, 0.25) is 5.91 Å². The molecule has 1 aliphatic heterocycles. The van der Waals surface area contributed by atoms with Crippen LogP contribution in [-0.4, -0.2) is 17.4 Å². The predicted octanol–water partition coefficient (Wildman–Crippen LogP) is 5.11. The molecule has 0 aromatic carbocycles. The lowest BCUT2D eigenvalue weighted by atomic mass is 9.89. The van der Waals surface area contributed by atoms with E-state index in [1.807, 2.05) is 13.8 Å². The van der Waals surface area contributed by atoms with Crippen LogP contribution in [-0.2, 0) is 4.79 Å². The van der Waals surface area contributed by atoms with Crippen molar-refractivity contribution in [1.82, 2.24) is 4.90 Å². The molecule has 1 heterocycles. The van der Waals surface area contributed by atoms with Gasteiger partial charge >= 0.3 is 0 Å². The molecule has 0 N–H and O–H groups in total. The zero-order valence-electron chi connectivity index (χ0n) is 15.6. The fraction of sp³-hybridized carbons (Fsp3) is 0.591. The third kappa shape index (κ3) is 1.92. The minimum Gasteiger partial charge on any atom is -0.311 e. The number of carbonyl (C=O) groups excluding carboxylic acids is 1. The molecule has 0 radical (unpaired) electrons. The van der Waals surface area contributed by atoms with Crippen LogP contribution in [0.2, 0.25) is 0 Å². The van der Waals surface area contributed by atoms with Gasteiger partial charge in [-0.05, 0) is 49.2 Å². The molecular weight excluding hydrogens is 294 g/mol. The molecule has 1 saturated heterocycles. The Morgan fingerprint density at radius 1 is 1.17 bits per heavy atom. The summed E-state index contributed by atoms with van der Waals surface area (Å²) in [6, 6.07) is 0. The lowest BCUT2D eigenvalue weighted by molar-refractivity contribution is -0.130. The van der Waals surface area contributed by atoms with E-state index in [9.17, 15) is 4.79 Å². The highest BCUT2D eigenvalue weighted by atomic mass is 16.2. The Kier molecular flexibility index (Phi) is 3.46. The first-order chi connectivity index (χ1) is 11.5. The first kappa shape index (κ1) is 15.9. The quantitative estimate of drug-likeness (QED) is 0.691. The molecule has 0 bridgehead atoms. The largest absolute Gasteiger partial charge is 0.311 e. The predicted molar refractivity (Wildman–Crippen MR) is 100 cm³/mol. The first-order valence-corrected chi connectivity index (χ1v) is 9.65. The number of likely N-dealkylation sites (tertiary alicyclic amines) is 1. The Hall–Kier alpha value is -1.57. The fourth-order valence-electron chi connectivity index (χ4n) is 5.15. The Bertz CT molecular complexity index is 726. The van der Waals surface area contributed by atoms with E-state index in [0.717, 1.165) is 13.0 Å². The van der Waals surface area contributed by atoms with Crippen molar-refractivity contribution >= 4 is 5.91 Å². The van der Waals surface area contributed by atoms with Gasteiger partial charge in [-0.1, -0.05) is 57.1 Å². The maximum atomic E-state index is 13.1. The molecule has 5 aliphatic rings. The van der Waals surface area contributed by atoms with Gasteiger partial charge in [0, 0.05) is 19.6 Å². The van der Waals surface area contributed by atoms with Gasteiger partial charge in [-0.25, -0.2) is 0 Å². The normalized spacial score (nSPS) is 38.0. The number of hydrogen-bond donors (Lipinski definition) is 0. The summed E-state index contributed by atoms with van der Waals surface area (Å²) in [5.74, 6) is 2.82. The van der Waals surface area contributed by atoms with Crippen LogP contribution in [0.4, 0.5) is 0 Å². The van der Waals surface area contributed by atoms with Crippen LogP contribution in [0.3, 0.4) is 0 Å². The minimum absolute atomic E-state index is 0. The van der Waals surface area contributed by atoms with Gasteiger partial charge in [0.15, 0.2) is 0 Å². The molecule has 4 atom stereocenters. The van der Waals surface area contributed by atoms with Crippen LogP contribution >= 0.6 is 0 Å². The van der Waals surface area contributed by atoms with Crippen molar-refractivity contribution in [3.05, 3.63) is 46.7 Å². The Morgan fingerprint density at radius 2 is 1.92 bits per heavy atom. The van der Waals surface area contributed by atoms with E-state index in [1.165, 1.54) is 23.3 Å². The number of hydrogen-bond acceptors (Lipinski definition) is 1. The second kappa shape index (κ2) is 5.21. The summed E-state index contributed by atoms with van der Waals surface area (Å²) >= 11 is 0. The molecule has 0 aromatic rings. The molecule has 2 saturated carbocycles. The van der Waals surface area contributed by atoms with Gasteiger partial charge in [0.05, 0.1) is 5.41 Å². The van der Waals surface area contributed by atoms with Crippen LogP contribution in [0.15, 0.2) is 46.7 Å². The van der Waals surface area contributed by atoms with Crippen LogP contribution in [0, 0.1) is 29.1 Å². The van der Waals surface area contributed by atoms with E-state index >= 15 is 0 Å². The van der Waals surface area contributed by atoms with Gasteiger partial charge in [0.25, 0.3) is 0 Å². The van der Waals surface area contributed by atoms with Crippen molar-refractivity contribution in [3.63, 3.8) is 0 Å². The van der Waals surface area contributed by atoms with Crippen molar-refractivity contribution in [1.29, 1.82) is 0 Å². The Labute approximate surface area is 147 Å². The molecule has 1 spiro atoms. The van der Waals surface area contributed by atoms with Crippen molar-refractivity contribution in [2.24, 2.45) is 29.1 Å². The second-order valence-electron chi connectivity index (χ2n) is 8.08. The SMILES string of the molecule is CC.CC1=CC=C2CN(C3=CC=C(C(C)C)C4CC34)C(=O)C23CC13.[HH]. The number of fused-ring (bicyclic) bond motifs is 1. The standard InChI is InChI=1S/C20H23NO.C2H6.H2/c1-11(2)14-6-7-18(16-8-15(14)16)21-10-13-5-4-12(3)17-9-20(13,17)19(21)22;1-2;/h4-7,11,15-17H,8-10H2,1-3H3;1-2H3;1H. The lowest BCUT2D eigenvalue weighted by Crippen LogP contribution is -2.30. The molecule has 1 amide bonds. The number of nitrogens with zero attached hydrogens (tertiary/aromatic N) is 1. The molecular formula is C22H31NO. The molecule has 4 unspecified atom stereocenters. The maximum absolute atomic E-state index is 13.1. The van der Waals surface area contributed by atoms with Gasteiger partial charge < -0.3 is 4.90 Å². The van der Waals surface area contributed by atoms with Crippen LogP contribution in [0.1, 0.15) is 48.9 Å². The van der Waals surface area contributed by atoms with Gasteiger partial charge in [0.1, 0.15) is 0 Å². The van der Waals surface area contributed by atoms with E-state index in [4.69, 9.17) is 0 Å². The number of rotatable bonds is 2. The molecule has 3 fully saturated rings. The first-order valence-electron chi connectivity index (χ1n) is 9.65. The summed E-state index contributed by atoms with van der Waals surface area (Å²) in [6.45, 7) is 11.6. The molecule has 2 heteroatoms. The summed E-state index contributed by atoms with van der Waals surface area (Å²) in [7, 11) is 0. The maximum Gasteiger partial charge on any atom is 0.238 e. The van der Waals surface area contributed by atoms with E-state index < -0.39 is 0 Å². The van der Waals surface area contributed by atoms with Gasteiger partial charge in [-0.2, -0.15) is 0 Å². The van der Waals surface area contributed by atoms with E-state index in [-0.39, 0.29) is 6.84 Å². The summed E-state index contributed by atoms with van der Waals surface area (Å²) < 4.78 is 0. The fourth-order valence-corrected chi connectivity index (χ4v) is 5.15. The van der Waals surface area contributed by atoms with Crippen LogP contribution < -0.4 is 0 Å². The third-order valence-corrected chi connectivity index (χ3v) is 6.61. The third-order valence-electron chi connectivity index (χ3n) is 6.61. The van der Waals surface area contributed by atoms with Crippen LogP contribution in [0.25, 0.3) is 0 Å². The summed E-state index contributed by atoms with van der Waals surface area (Å²) in [4.78, 5) is 15.2. The summed E-state index contributed by atoms with van der Waals surface area (Å²) in [5.41, 5.74) is 5.50. The molecule has 4 aliphatic carbocycles. The van der Waals surface area contributed by atoms with Crippen molar-refractivity contribution in [2.75, 3.05) is 6.54 Å². The average molecular weight is 325 g/mol. The number of carbonyl (C=O) groups is 1. The topological polar surface area (TPSA) is 20.3 Å². The second-order valence-corrected chi connectivity index (χ2v) is 8.08. The monoisotopic (exact) mass is 325 g/mol. The average Bonchev–Trinajstić information content (AvgIpc) is 3.46. The zero-order chi connectivity index (χ0) is 17.2. The van der Waals surface area contributed by atoms with E-state index in [0.29, 0.717) is 29.6 Å². The molecule has 5 rings (SSSR count). The number of allylic oxidation sites excluding steroid dienone is 7. The Balaban J connectivity index is 0.000000588. The van der Waals surface area contributed by atoms with Gasteiger partial charge in [-0.15, -0.1) is 0 Å². The van der Waals surface area contributed by atoms with Gasteiger partial charge in [-0.3, -0.25) is 4.79 Å². The zero-order valence-corrected chi connectivity index (χ0v) is 15.6. The molecule has 24 heavy (non-hydrogen) atoms. The van der Waals surface area contributed by atoms with E-state index in [2.05, 4.69) is 50.0 Å². The Morgan fingerprint density at radius 3 is 2.62 bits per heavy atom. The highest BCUT2D eigenvalue weighted by molar-refractivity contribution is 5.96. The minimum atomic E-state index is -0.133. The van der Waals surface area contributed by atoms with Crippen molar-refractivity contribution in [2.45, 2.75) is 47.5 Å². The van der Waals surface area contributed by atoms with Crippen molar-refractivity contribution < 1.29 is 6.22 Å². The highest BCUT2D eigenvalue weighted by Gasteiger charge is 2.68. The lowest BCUT2D eigenvalue weighted by Gasteiger charge is -2.24. The molecule has 130 valence electrons. The molecule has 2 nitrogen and oxygen atoms in total. The van der Waals surface area contributed by atoms with E-state index in [1.54, 1.807) is 5.57 Å². The smallest absolute Gasteiger partial charge is 0.238 e. The number of amides is 1. The van der Waals surface area contributed by atoms with Crippen molar-refractivity contribution in [3.8, 4) is 0 Å². The highest BCUT2D eigenvalue weighted by Crippen LogP contribution is 2.67. The summed E-state index contributed by atoms with van der Waals surface area (Å²) in [6.07, 6.45) is 11.3. The molecule has 0 aromatic heterocycles.